The van der Waals surface area contributed by atoms with Gasteiger partial charge in [0.1, 0.15) is 17.0 Å². The third-order valence-corrected chi connectivity index (χ3v) is 12.8. The maximum absolute atomic E-state index is 14.0. The van der Waals surface area contributed by atoms with Gasteiger partial charge < -0.3 is 40.4 Å². The van der Waals surface area contributed by atoms with Crippen LogP contribution in [0.1, 0.15) is 139 Å². The van der Waals surface area contributed by atoms with Crippen molar-refractivity contribution in [1.82, 2.24) is 26.0 Å². The van der Waals surface area contributed by atoms with Crippen LogP contribution in [0.5, 0.6) is 5.75 Å². The number of unbranched alkanes of at least 4 members (excludes halogenated alkanes) is 3. The zero-order valence-corrected chi connectivity index (χ0v) is 39.8. The minimum Gasteiger partial charge on any atom is -0.494 e. The summed E-state index contributed by atoms with van der Waals surface area (Å²) in [5.74, 6) is -0.473. The molecule has 3 aromatic carbocycles. The smallest absolute Gasteiger partial charge is 0.407 e. The first kappa shape index (κ1) is 49.9. The molecule has 2 saturated carbocycles. The van der Waals surface area contributed by atoms with E-state index in [1.54, 1.807) is 65.8 Å². The molecule has 2 aliphatic carbocycles. The van der Waals surface area contributed by atoms with Crippen LogP contribution in [-0.2, 0) is 19.5 Å². The second-order valence-electron chi connectivity index (χ2n) is 19.2. The van der Waals surface area contributed by atoms with Crippen LogP contribution in [0.15, 0.2) is 59.5 Å². The molecule has 2 fully saturated rings. The third kappa shape index (κ3) is 15.0. The molecule has 64 heavy (non-hydrogen) atoms. The number of nitrogens with zero attached hydrogens (tertiary/aromatic N) is 1. The van der Waals surface area contributed by atoms with E-state index in [4.69, 9.17) is 14.2 Å². The van der Waals surface area contributed by atoms with Gasteiger partial charge in [0.05, 0.1) is 23.6 Å². The molecule has 3 aromatic rings. The van der Waals surface area contributed by atoms with Gasteiger partial charge in [-0.15, -0.1) is 0 Å². The molecule has 4 atom stereocenters. The number of carbonyl (C=O) groups excluding carboxylic acids is 4. The van der Waals surface area contributed by atoms with E-state index in [0.29, 0.717) is 56.3 Å². The summed E-state index contributed by atoms with van der Waals surface area (Å²) in [5.41, 5.74) is 0.0550. The summed E-state index contributed by atoms with van der Waals surface area (Å²) in [4.78, 5) is 55.5. The standard InChI is InChI=1S/C48H70N6O9S/c1-47(2,3)62-45(57)52-39-23-13-11-21-37(39)50-43(55)32-29-33(44(56)51-38-22-12-14-24-40(38)53-46(58)63-48(4,5)6)31-34(30-32)61-28-16-10-9-15-27-49-64(59,60)42-26-18-19-35-36(42)20-17-25-41(35)54(7)8/h17-20,25-26,29-31,37-40,49H,9-16,21-24,27-28H2,1-8H3,(H,50,55)(H,51,56)(H,52,57)(H,53,58)/t37-,38-,39-,40-/m1/s1. The van der Waals surface area contributed by atoms with E-state index >= 15 is 0 Å². The van der Waals surface area contributed by atoms with Gasteiger partial charge in [0.2, 0.25) is 10.0 Å². The molecule has 16 heteroatoms. The summed E-state index contributed by atoms with van der Waals surface area (Å²) >= 11 is 0. The minimum atomic E-state index is -3.74. The number of hydrogen-bond donors (Lipinski definition) is 5. The number of anilines is 1. The lowest BCUT2D eigenvalue weighted by atomic mass is 9.90. The number of sulfonamides is 1. The normalized spacial score (nSPS) is 19.2. The van der Waals surface area contributed by atoms with E-state index in [1.165, 1.54) is 6.07 Å². The Balaban J connectivity index is 1.22. The average molecular weight is 907 g/mol. The van der Waals surface area contributed by atoms with Gasteiger partial charge in [-0.3, -0.25) is 9.59 Å². The molecule has 0 aromatic heterocycles. The van der Waals surface area contributed by atoms with Crippen LogP contribution in [0.4, 0.5) is 15.3 Å². The van der Waals surface area contributed by atoms with Gasteiger partial charge in [-0.1, -0.05) is 62.8 Å². The molecular formula is C48H70N6O9S. The maximum atomic E-state index is 14.0. The molecule has 0 unspecified atom stereocenters. The van der Waals surface area contributed by atoms with Crippen LogP contribution < -0.4 is 35.6 Å². The zero-order chi connectivity index (χ0) is 46.7. The van der Waals surface area contributed by atoms with E-state index in [1.807, 2.05) is 43.3 Å². The summed E-state index contributed by atoms with van der Waals surface area (Å²) < 4.78 is 46.6. The van der Waals surface area contributed by atoms with E-state index in [9.17, 15) is 27.6 Å². The Labute approximate surface area is 379 Å². The number of amides is 4. The van der Waals surface area contributed by atoms with Gasteiger partial charge in [0.25, 0.3) is 11.8 Å². The van der Waals surface area contributed by atoms with Crippen molar-refractivity contribution in [3.63, 3.8) is 0 Å². The first-order valence-electron chi connectivity index (χ1n) is 22.8. The van der Waals surface area contributed by atoms with Gasteiger partial charge in [-0.05, 0) is 110 Å². The molecule has 0 bridgehead atoms. The van der Waals surface area contributed by atoms with Crippen LogP contribution in [0, 0.1) is 0 Å². The highest BCUT2D eigenvalue weighted by molar-refractivity contribution is 7.89. The molecule has 15 nitrogen and oxygen atoms in total. The predicted molar refractivity (Wildman–Crippen MR) is 250 cm³/mol. The van der Waals surface area contributed by atoms with E-state index in [-0.39, 0.29) is 46.7 Å². The summed E-state index contributed by atoms with van der Waals surface area (Å²) in [6.45, 7) is 11.4. The van der Waals surface area contributed by atoms with E-state index in [0.717, 1.165) is 49.6 Å². The van der Waals surface area contributed by atoms with Gasteiger partial charge in [0.15, 0.2) is 0 Å². The average Bonchev–Trinajstić information content (AvgIpc) is 3.21. The van der Waals surface area contributed by atoms with Crippen molar-refractivity contribution in [3.05, 3.63) is 65.7 Å². The van der Waals surface area contributed by atoms with Crippen molar-refractivity contribution >= 4 is 50.5 Å². The summed E-state index contributed by atoms with van der Waals surface area (Å²) in [6.07, 6.45) is 7.91. The molecule has 0 heterocycles. The fourth-order valence-corrected chi connectivity index (χ4v) is 9.56. The van der Waals surface area contributed by atoms with Crippen molar-refractivity contribution in [2.75, 3.05) is 32.1 Å². The number of hydrogen-bond acceptors (Lipinski definition) is 10. The van der Waals surface area contributed by atoms with Crippen LogP contribution in [-0.4, -0.2) is 95.0 Å². The second-order valence-corrected chi connectivity index (χ2v) is 20.9. The van der Waals surface area contributed by atoms with Crippen molar-refractivity contribution in [3.8, 4) is 5.75 Å². The Bertz CT molecular complexity index is 2120. The number of carbonyl (C=O) groups is 4. The zero-order valence-electron chi connectivity index (χ0n) is 38.9. The summed E-state index contributed by atoms with van der Waals surface area (Å²) in [5, 5.41) is 13.6. The minimum absolute atomic E-state index is 0.229. The molecule has 2 aliphatic rings. The van der Waals surface area contributed by atoms with Gasteiger partial charge in [0, 0.05) is 60.3 Å². The lowest BCUT2D eigenvalue weighted by Gasteiger charge is -2.33. The Morgan fingerprint density at radius 3 is 1.59 bits per heavy atom. The van der Waals surface area contributed by atoms with Crippen molar-refractivity contribution in [2.24, 2.45) is 0 Å². The van der Waals surface area contributed by atoms with Crippen molar-refractivity contribution in [2.45, 2.75) is 159 Å². The molecule has 0 aliphatic heterocycles. The molecule has 0 radical (unpaired) electrons. The Hall–Kier alpha value is -5.09. The Morgan fingerprint density at radius 1 is 0.625 bits per heavy atom. The lowest BCUT2D eigenvalue weighted by Crippen LogP contribution is -2.54. The van der Waals surface area contributed by atoms with Crippen molar-refractivity contribution in [1.29, 1.82) is 0 Å². The molecular weight excluding hydrogens is 837 g/mol. The van der Waals surface area contributed by atoms with E-state index < -0.39 is 45.2 Å². The monoisotopic (exact) mass is 906 g/mol. The van der Waals surface area contributed by atoms with E-state index in [2.05, 4.69) is 26.0 Å². The largest absolute Gasteiger partial charge is 0.494 e. The summed E-state index contributed by atoms with van der Waals surface area (Å²) in [6, 6.07) is 14.3. The fourth-order valence-electron chi connectivity index (χ4n) is 8.26. The lowest BCUT2D eigenvalue weighted by molar-refractivity contribution is 0.0466. The fraction of sp³-hybridized carbons (Fsp3) is 0.583. The predicted octanol–water partition coefficient (Wildman–Crippen LogP) is 7.95. The SMILES string of the molecule is CN(C)c1cccc2c(S(=O)(=O)NCCCCCCOc3cc(C(=O)N[C@@H]4CCCC[C@H]4NC(=O)OC(C)(C)C)cc(C(=O)N[C@@H]4CCCC[C@H]4NC(=O)OC(C)(C)C)c3)cccc12. The third-order valence-electron chi connectivity index (χ3n) is 11.3. The highest BCUT2D eigenvalue weighted by Gasteiger charge is 2.32. The van der Waals surface area contributed by atoms with Crippen LogP contribution in [0.2, 0.25) is 0 Å². The van der Waals surface area contributed by atoms with Crippen molar-refractivity contribution < 1.29 is 41.8 Å². The number of nitrogens with one attached hydrogen (secondary N) is 5. The molecule has 4 amide bonds. The van der Waals surface area contributed by atoms with Crippen LogP contribution >= 0.6 is 0 Å². The molecule has 5 N–H and O–H groups in total. The number of alkyl carbamates (subject to hydrolysis) is 2. The molecule has 352 valence electrons. The molecule has 0 saturated heterocycles. The van der Waals surface area contributed by atoms with Crippen LogP contribution in [0.3, 0.4) is 0 Å². The first-order valence-corrected chi connectivity index (χ1v) is 24.2. The van der Waals surface area contributed by atoms with Gasteiger partial charge in [-0.2, -0.15) is 0 Å². The highest BCUT2D eigenvalue weighted by Crippen LogP contribution is 2.30. The summed E-state index contributed by atoms with van der Waals surface area (Å²) in [7, 11) is 0.114. The quantitative estimate of drug-likeness (QED) is 0.0831. The van der Waals surface area contributed by atoms with Gasteiger partial charge >= 0.3 is 12.2 Å². The van der Waals surface area contributed by atoms with Gasteiger partial charge in [-0.25, -0.2) is 22.7 Å². The Kier molecular flexibility index (Phi) is 17.3. The number of benzene rings is 3. The molecule has 5 rings (SSSR count). The number of rotatable bonds is 17. The molecule has 0 spiro atoms. The second kappa shape index (κ2) is 22.2. The Morgan fingerprint density at radius 2 is 1.09 bits per heavy atom. The topological polar surface area (TPSA) is 194 Å². The number of ether oxygens (including phenoxy) is 3. The first-order chi connectivity index (χ1) is 30.2. The maximum Gasteiger partial charge on any atom is 0.407 e. The van der Waals surface area contributed by atoms with Crippen LogP contribution in [0.25, 0.3) is 10.8 Å². The number of fused-ring (bicyclic) bond motifs is 1. The highest BCUT2D eigenvalue weighted by atomic mass is 32.2.